The number of nitrogens with two attached hydrogens (primary N) is 1. The highest BCUT2D eigenvalue weighted by Crippen LogP contribution is 2.46. The molecule has 4 aromatic rings. The Balaban J connectivity index is 1.54. The van der Waals surface area contributed by atoms with Gasteiger partial charge in [0.25, 0.3) is 5.91 Å². The first-order valence-electron chi connectivity index (χ1n) is 14.5. The molecular weight excluding hydrogens is 601 g/mol. The number of thiophene rings is 1. The molecule has 234 valence electrons. The van der Waals surface area contributed by atoms with E-state index in [0.717, 1.165) is 23.4 Å². The lowest BCUT2D eigenvalue weighted by atomic mass is 9.80. The minimum absolute atomic E-state index is 0.00149. The monoisotopic (exact) mass is 634 g/mol. The number of halogens is 3. The number of amides is 2. The van der Waals surface area contributed by atoms with Crippen LogP contribution < -0.4 is 16.4 Å². The standard InChI is InChI=1S/C34H33F3N4O3S/c1-18(2)14-26-31(33(38)42)32(28-12-13-29(45-28)34(43)39-16-21-6-10-23(36)24(37)15-21)30(27-17-44-19(3)40-27)25(41-26)11-7-20-4-8-22(35)9-5-20/h4-6,8-10,12-13,15,17-18,32,41H,7,11,14,16H2,1-3H3,(H2,38,42)(H,39,43). The summed E-state index contributed by atoms with van der Waals surface area (Å²) in [5, 5.41) is 6.25. The van der Waals surface area contributed by atoms with Crippen molar-refractivity contribution < 1.29 is 27.2 Å². The fraction of sp³-hybridized carbons (Fsp3) is 0.265. The summed E-state index contributed by atoms with van der Waals surface area (Å²) in [5.41, 5.74) is 10.5. The summed E-state index contributed by atoms with van der Waals surface area (Å²) >= 11 is 1.20. The number of aryl methyl sites for hydroxylation is 2. The second-order valence-electron chi connectivity index (χ2n) is 11.3. The largest absolute Gasteiger partial charge is 0.449 e. The van der Waals surface area contributed by atoms with Crippen LogP contribution >= 0.6 is 11.3 Å². The van der Waals surface area contributed by atoms with E-state index in [-0.39, 0.29) is 18.3 Å². The van der Waals surface area contributed by atoms with Gasteiger partial charge in [0.2, 0.25) is 5.91 Å². The fourth-order valence-electron chi connectivity index (χ4n) is 5.41. The molecule has 0 radical (unpaired) electrons. The van der Waals surface area contributed by atoms with Crippen molar-refractivity contribution in [2.24, 2.45) is 11.7 Å². The SMILES string of the molecule is Cc1nc(C2=C(CCc3ccc(F)cc3)NC(CC(C)C)=C(C(N)=O)C2c2ccc(C(=O)NCc3ccc(F)c(F)c3)s2)co1. The topological polar surface area (TPSA) is 110 Å². The summed E-state index contributed by atoms with van der Waals surface area (Å²) < 4.78 is 46.2. The smallest absolute Gasteiger partial charge is 0.261 e. The van der Waals surface area contributed by atoms with Gasteiger partial charge < -0.3 is 20.8 Å². The van der Waals surface area contributed by atoms with Crippen molar-refractivity contribution in [1.82, 2.24) is 15.6 Å². The number of allylic oxidation sites excluding steroid dienone is 3. The third kappa shape index (κ3) is 7.37. The molecule has 1 aliphatic heterocycles. The van der Waals surface area contributed by atoms with Crippen molar-refractivity contribution >= 4 is 28.7 Å². The first-order chi connectivity index (χ1) is 21.5. The molecule has 2 amide bonds. The Labute approximate surface area is 263 Å². The second kappa shape index (κ2) is 13.6. The van der Waals surface area contributed by atoms with E-state index in [2.05, 4.69) is 15.6 Å². The summed E-state index contributed by atoms with van der Waals surface area (Å²) in [4.78, 5) is 32.0. The van der Waals surface area contributed by atoms with E-state index in [1.165, 1.54) is 35.8 Å². The Kier molecular flexibility index (Phi) is 9.57. The van der Waals surface area contributed by atoms with Crippen molar-refractivity contribution in [2.45, 2.75) is 52.5 Å². The molecule has 0 fully saturated rings. The van der Waals surface area contributed by atoms with Crippen molar-refractivity contribution in [1.29, 1.82) is 0 Å². The van der Waals surface area contributed by atoms with E-state index in [1.54, 1.807) is 31.2 Å². The zero-order valence-electron chi connectivity index (χ0n) is 25.0. The van der Waals surface area contributed by atoms with Crippen LogP contribution in [0.15, 0.2) is 82.2 Å². The normalized spacial score (nSPS) is 15.0. The number of nitrogens with one attached hydrogen (secondary N) is 2. The molecular formula is C34H33F3N4O3S. The predicted molar refractivity (Wildman–Crippen MR) is 166 cm³/mol. The Morgan fingerprint density at radius 3 is 2.38 bits per heavy atom. The Morgan fingerprint density at radius 2 is 1.73 bits per heavy atom. The van der Waals surface area contributed by atoms with Crippen LogP contribution in [0.1, 0.15) is 69.9 Å². The van der Waals surface area contributed by atoms with Gasteiger partial charge in [-0.1, -0.05) is 32.0 Å². The minimum atomic E-state index is -0.994. The average molecular weight is 635 g/mol. The van der Waals surface area contributed by atoms with Crippen LogP contribution in [0, 0.1) is 30.3 Å². The van der Waals surface area contributed by atoms with Gasteiger partial charge >= 0.3 is 0 Å². The van der Waals surface area contributed by atoms with Crippen LogP contribution in [0.3, 0.4) is 0 Å². The number of dihydropyridines is 1. The molecule has 1 aliphatic rings. The van der Waals surface area contributed by atoms with Gasteiger partial charge in [-0.25, -0.2) is 18.2 Å². The summed E-state index contributed by atoms with van der Waals surface area (Å²) in [5.74, 6) is -3.30. The van der Waals surface area contributed by atoms with E-state index < -0.39 is 29.4 Å². The molecule has 3 heterocycles. The van der Waals surface area contributed by atoms with E-state index in [4.69, 9.17) is 10.2 Å². The fourth-order valence-corrected chi connectivity index (χ4v) is 6.46. The Morgan fingerprint density at radius 1 is 1.00 bits per heavy atom. The average Bonchev–Trinajstić information content (AvgIpc) is 3.66. The van der Waals surface area contributed by atoms with Crippen molar-refractivity contribution in [3.05, 3.63) is 128 Å². The number of primary amides is 1. The number of aromatic nitrogens is 1. The van der Waals surface area contributed by atoms with E-state index in [1.807, 2.05) is 13.8 Å². The highest BCUT2D eigenvalue weighted by molar-refractivity contribution is 7.14. The van der Waals surface area contributed by atoms with Crippen LogP contribution in [0.2, 0.25) is 0 Å². The molecule has 0 bridgehead atoms. The lowest BCUT2D eigenvalue weighted by Gasteiger charge is -2.33. The molecule has 2 aromatic carbocycles. The van der Waals surface area contributed by atoms with Crippen LogP contribution in [0.25, 0.3) is 5.57 Å². The summed E-state index contributed by atoms with van der Waals surface area (Å²) in [6, 6.07) is 13.2. The van der Waals surface area contributed by atoms with Gasteiger partial charge in [-0.15, -0.1) is 11.3 Å². The summed E-state index contributed by atoms with van der Waals surface area (Å²) in [6.45, 7) is 5.81. The molecule has 0 saturated carbocycles. The van der Waals surface area contributed by atoms with Gasteiger partial charge in [-0.2, -0.15) is 0 Å². The maximum Gasteiger partial charge on any atom is 0.261 e. The molecule has 45 heavy (non-hydrogen) atoms. The number of benzene rings is 2. The molecule has 1 unspecified atom stereocenters. The van der Waals surface area contributed by atoms with Crippen molar-refractivity contribution in [3.8, 4) is 0 Å². The third-order valence-electron chi connectivity index (χ3n) is 7.45. The quantitative estimate of drug-likeness (QED) is 0.166. The summed E-state index contributed by atoms with van der Waals surface area (Å²) in [7, 11) is 0. The highest BCUT2D eigenvalue weighted by atomic mass is 32.1. The number of nitrogens with zero attached hydrogens (tertiary/aromatic N) is 1. The number of carbonyl (C=O) groups excluding carboxylic acids is 2. The molecule has 2 aromatic heterocycles. The first-order valence-corrected chi connectivity index (χ1v) is 15.3. The van der Waals surface area contributed by atoms with E-state index >= 15 is 0 Å². The second-order valence-corrected chi connectivity index (χ2v) is 12.4. The Bertz CT molecular complexity index is 1790. The molecule has 1 atom stereocenters. The van der Waals surface area contributed by atoms with Gasteiger partial charge in [0.15, 0.2) is 17.5 Å². The van der Waals surface area contributed by atoms with E-state index in [0.29, 0.717) is 63.0 Å². The predicted octanol–water partition coefficient (Wildman–Crippen LogP) is 6.91. The van der Waals surface area contributed by atoms with Crippen LogP contribution in [-0.2, 0) is 17.8 Å². The van der Waals surface area contributed by atoms with Crippen LogP contribution in [-0.4, -0.2) is 16.8 Å². The van der Waals surface area contributed by atoms with Gasteiger partial charge in [0.1, 0.15) is 17.8 Å². The maximum atomic E-state index is 13.7. The number of hydrogen-bond donors (Lipinski definition) is 3. The van der Waals surface area contributed by atoms with Crippen molar-refractivity contribution in [3.63, 3.8) is 0 Å². The van der Waals surface area contributed by atoms with Crippen LogP contribution in [0.4, 0.5) is 13.2 Å². The zero-order valence-corrected chi connectivity index (χ0v) is 25.9. The number of rotatable bonds is 11. The minimum Gasteiger partial charge on any atom is -0.449 e. The zero-order chi connectivity index (χ0) is 32.2. The molecule has 7 nitrogen and oxygen atoms in total. The molecule has 0 saturated heterocycles. The van der Waals surface area contributed by atoms with Crippen LogP contribution in [0.5, 0.6) is 0 Å². The van der Waals surface area contributed by atoms with Gasteiger partial charge in [-0.3, -0.25) is 9.59 Å². The Hall–Kier alpha value is -4.64. The van der Waals surface area contributed by atoms with Gasteiger partial charge in [0.05, 0.1) is 10.8 Å². The highest BCUT2D eigenvalue weighted by Gasteiger charge is 2.37. The molecule has 11 heteroatoms. The first kappa shape index (κ1) is 31.8. The lowest BCUT2D eigenvalue weighted by molar-refractivity contribution is -0.114. The summed E-state index contributed by atoms with van der Waals surface area (Å²) in [6.07, 6.45) is 3.18. The lowest BCUT2D eigenvalue weighted by Crippen LogP contribution is -2.33. The molecule has 4 N–H and O–H groups in total. The molecule has 0 aliphatic carbocycles. The van der Waals surface area contributed by atoms with Gasteiger partial charge in [0, 0.05) is 40.9 Å². The van der Waals surface area contributed by atoms with E-state index in [9.17, 15) is 22.8 Å². The number of carbonyl (C=O) groups is 2. The number of hydrogen-bond acceptors (Lipinski definition) is 6. The van der Waals surface area contributed by atoms with Crippen molar-refractivity contribution in [2.75, 3.05) is 0 Å². The molecule has 5 rings (SSSR count). The maximum absolute atomic E-state index is 13.7. The molecule has 0 spiro atoms. The van der Waals surface area contributed by atoms with Gasteiger partial charge in [-0.05, 0) is 72.7 Å². The number of oxazole rings is 1. The third-order valence-corrected chi connectivity index (χ3v) is 8.60.